The Hall–Kier alpha value is -1.27. The number of nitrogens with zero attached hydrogens (tertiary/aromatic N) is 3. The van der Waals surface area contributed by atoms with Crippen molar-refractivity contribution in [2.45, 2.75) is 18.9 Å². The molecule has 2 aromatic rings. The van der Waals surface area contributed by atoms with Gasteiger partial charge in [-0.15, -0.1) is 12.4 Å². The second kappa shape index (κ2) is 7.16. The summed E-state index contributed by atoms with van der Waals surface area (Å²) in [5.41, 5.74) is 7.35. The molecule has 8 heteroatoms. The minimum atomic E-state index is -0.0320. The first-order valence-electron chi connectivity index (χ1n) is 8.09. The summed E-state index contributed by atoms with van der Waals surface area (Å²) in [6.45, 7) is 1.53. The number of likely N-dealkylation sites (tertiary alicyclic amines) is 1. The number of carbonyl (C=O) groups excluding carboxylic acids is 1. The molecular weight excluding hydrogens is 383 g/mol. The Bertz CT molecular complexity index is 794. The molecule has 25 heavy (non-hydrogen) atoms. The van der Waals surface area contributed by atoms with Crippen LogP contribution in [0.5, 0.6) is 0 Å². The van der Waals surface area contributed by atoms with E-state index in [0.717, 1.165) is 31.6 Å². The van der Waals surface area contributed by atoms with E-state index in [1.807, 2.05) is 11.0 Å². The lowest BCUT2D eigenvalue weighted by Gasteiger charge is -2.17. The van der Waals surface area contributed by atoms with Crippen LogP contribution in [0.4, 0.5) is 0 Å². The maximum absolute atomic E-state index is 12.7. The van der Waals surface area contributed by atoms with E-state index < -0.39 is 0 Å². The molecule has 1 aromatic heterocycles. The molecule has 2 fully saturated rings. The Labute approximate surface area is 162 Å². The highest BCUT2D eigenvalue weighted by Crippen LogP contribution is 2.37. The Balaban J connectivity index is 0.00000182. The molecule has 3 atom stereocenters. The van der Waals surface area contributed by atoms with Crippen LogP contribution in [0.15, 0.2) is 30.5 Å². The summed E-state index contributed by atoms with van der Waals surface area (Å²) < 4.78 is 1.64. The van der Waals surface area contributed by atoms with E-state index in [1.165, 1.54) is 0 Å². The lowest BCUT2D eigenvalue weighted by atomic mass is 9.98. The Morgan fingerprint density at radius 3 is 2.68 bits per heavy atom. The van der Waals surface area contributed by atoms with Gasteiger partial charge in [0.25, 0.3) is 5.91 Å². The van der Waals surface area contributed by atoms with Gasteiger partial charge in [-0.3, -0.25) is 4.79 Å². The molecule has 134 valence electrons. The predicted octanol–water partition coefficient (Wildman–Crippen LogP) is 3.41. The van der Waals surface area contributed by atoms with E-state index >= 15 is 0 Å². The highest BCUT2D eigenvalue weighted by molar-refractivity contribution is 6.42. The van der Waals surface area contributed by atoms with Crippen molar-refractivity contribution < 1.29 is 4.79 Å². The van der Waals surface area contributed by atoms with Crippen molar-refractivity contribution in [3.8, 4) is 5.69 Å². The van der Waals surface area contributed by atoms with Crippen molar-refractivity contribution in [3.05, 3.63) is 46.2 Å². The van der Waals surface area contributed by atoms with Crippen molar-refractivity contribution in [3.63, 3.8) is 0 Å². The zero-order valence-corrected chi connectivity index (χ0v) is 15.8. The van der Waals surface area contributed by atoms with Crippen LogP contribution in [0.3, 0.4) is 0 Å². The van der Waals surface area contributed by atoms with E-state index in [2.05, 4.69) is 5.10 Å². The van der Waals surface area contributed by atoms with Gasteiger partial charge in [0.2, 0.25) is 0 Å². The van der Waals surface area contributed by atoms with Gasteiger partial charge in [0.05, 0.1) is 15.7 Å². The normalized spacial score (nSPS) is 24.9. The summed E-state index contributed by atoms with van der Waals surface area (Å²) in [6, 6.07) is 7.21. The number of benzene rings is 1. The molecule has 4 rings (SSSR count). The summed E-state index contributed by atoms with van der Waals surface area (Å²) in [6.07, 6.45) is 3.95. The lowest BCUT2D eigenvalue weighted by Crippen LogP contribution is -2.33. The Morgan fingerprint density at radius 1 is 1.16 bits per heavy atom. The van der Waals surface area contributed by atoms with Gasteiger partial charge in [-0.2, -0.15) is 5.10 Å². The number of rotatable bonds is 2. The molecule has 1 aliphatic carbocycles. The molecule has 2 aliphatic rings. The maximum atomic E-state index is 12.7. The van der Waals surface area contributed by atoms with Crippen molar-refractivity contribution in [2.75, 3.05) is 13.1 Å². The predicted molar refractivity (Wildman–Crippen MR) is 101 cm³/mol. The average Bonchev–Trinajstić information content (AvgIpc) is 3.27. The first-order chi connectivity index (χ1) is 11.5. The number of hydrogen-bond acceptors (Lipinski definition) is 3. The fraction of sp³-hybridized carbons (Fsp3) is 0.412. The number of aromatic nitrogens is 2. The number of amides is 1. The lowest BCUT2D eigenvalue weighted by molar-refractivity contribution is 0.0773. The smallest absolute Gasteiger partial charge is 0.274 e. The largest absolute Gasteiger partial charge is 0.337 e. The number of halogens is 3. The average molecular weight is 402 g/mol. The van der Waals surface area contributed by atoms with E-state index in [0.29, 0.717) is 27.6 Å². The molecule has 3 unspecified atom stereocenters. The highest BCUT2D eigenvalue weighted by atomic mass is 35.5. The van der Waals surface area contributed by atoms with E-state index in [-0.39, 0.29) is 24.4 Å². The SMILES string of the molecule is Cl.NC1CCC2CN(C(=O)c3ccn(-c4ccc(Cl)c(Cl)c4)n3)CC12. The van der Waals surface area contributed by atoms with Crippen LogP contribution in [0.1, 0.15) is 23.3 Å². The summed E-state index contributed by atoms with van der Waals surface area (Å²) in [7, 11) is 0. The van der Waals surface area contributed by atoms with Gasteiger partial charge < -0.3 is 10.6 Å². The highest BCUT2D eigenvalue weighted by Gasteiger charge is 2.42. The van der Waals surface area contributed by atoms with Crippen LogP contribution in [-0.4, -0.2) is 39.7 Å². The number of carbonyl (C=O) groups is 1. The molecule has 1 saturated carbocycles. The summed E-state index contributed by atoms with van der Waals surface area (Å²) >= 11 is 12.0. The van der Waals surface area contributed by atoms with Crippen LogP contribution in [0, 0.1) is 11.8 Å². The minimum absolute atomic E-state index is 0. The second-order valence-corrected chi connectivity index (χ2v) is 7.43. The van der Waals surface area contributed by atoms with Gasteiger partial charge >= 0.3 is 0 Å². The Morgan fingerprint density at radius 2 is 1.96 bits per heavy atom. The molecule has 2 heterocycles. The minimum Gasteiger partial charge on any atom is -0.337 e. The van der Waals surface area contributed by atoms with Gasteiger partial charge in [-0.25, -0.2) is 4.68 Å². The molecule has 1 saturated heterocycles. The molecule has 5 nitrogen and oxygen atoms in total. The summed E-state index contributed by atoms with van der Waals surface area (Å²) in [5.74, 6) is 0.947. The van der Waals surface area contributed by atoms with Gasteiger partial charge in [0.1, 0.15) is 0 Å². The number of hydrogen-bond donors (Lipinski definition) is 1. The first kappa shape index (κ1) is 18.5. The molecule has 1 amide bonds. The van der Waals surface area contributed by atoms with Crippen molar-refractivity contribution in [2.24, 2.45) is 17.6 Å². The third-order valence-corrected chi connectivity index (χ3v) is 5.91. The van der Waals surface area contributed by atoms with Crippen LogP contribution < -0.4 is 5.73 Å². The Kier molecular flexibility index (Phi) is 5.30. The number of fused-ring (bicyclic) bond motifs is 1. The standard InChI is InChI=1S/C17H18Cl2N4O.ClH/c18-13-3-2-11(7-14(13)19)23-6-5-16(21-23)17(24)22-8-10-1-4-15(20)12(10)9-22;/h2-3,5-7,10,12,15H,1,4,8-9,20H2;1H. The topological polar surface area (TPSA) is 64.2 Å². The third kappa shape index (κ3) is 3.38. The molecule has 1 aliphatic heterocycles. The van der Waals surface area contributed by atoms with Crippen molar-refractivity contribution in [1.82, 2.24) is 14.7 Å². The van der Waals surface area contributed by atoms with Crippen LogP contribution >= 0.6 is 35.6 Å². The van der Waals surface area contributed by atoms with Gasteiger partial charge in [-0.1, -0.05) is 23.2 Å². The molecule has 1 aromatic carbocycles. The fourth-order valence-electron chi connectivity index (χ4n) is 3.84. The van der Waals surface area contributed by atoms with Crippen LogP contribution in [0.25, 0.3) is 5.69 Å². The monoisotopic (exact) mass is 400 g/mol. The van der Waals surface area contributed by atoms with E-state index in [1.54, 1.807) is 29.1 Å². The quantitative estimate of drug-likeness (QED) is 0.838. The fourth-order valence-corrected chi connectivity index (χ4v) is 4.14. The second-order valence-electron chi connectivity index (χ2n) is 6.62. The summed E-state index contributed by atoms with van der Waals surface area (Å²) in [5, 5.41) is 5.35. The molecule has 0 bridgehead atoms. The van der Waals surface area contributed by atoms with E-state index in [9.17, 15) is 4.79 Å². The van der Waals surface area contributed by atoms with Crippen molar-refractivity contribution in [1.29, 1.82) is 0 Å². The van der Waals surface area contributed by atoms with Gasteiger partial charge in [0.15, 0.2) is 5.69 Å². The molecular formula is C17H19Cl3N4O. The van der Waals surface area contributed by atoms with E-state index in [4.69, 9.17) is 28.9 Å². The van der Waals surface area contributed by atoms with Gasteiger partial charge in [-0.05, 0) is 48.9 Å². The van der Waals surface area contributed by atoms with Crippen LogP contribution in [0.2, 0.25) is 10.0 Å². The third-order valence-electron chi connectivity index (χ3n) is 5.18. The zero-order chi connectivity index (χ0) is 16.8. The van der Waals surface area contributed by atoms with Crippen molar-refractivity contribution >= 4 is 41.5 Å². The number of nitrogens with two attached hydrogens (primary N) is 1. The summed E-state index contributed by atoms with van der Waals surface area (Å²) in [4.78, 5) is 14.6. The first-order valence-corrected chi connectivity index (χ1v) is 8.84. The molecule has 2 N–H and O–H groups in total. The molecule has 0 radical (unpaired) electrons. The maximum Gasteiger partial charge on any atom is 0.274 e. The molecule has 0 spiro atoms. The van der Waals surface area contributed by atoms with Gasteiger partial charge in [0, 0.05) is 25.3 Å². The van der Waals surface area contributed by atoms with Crippen LogP contribution in [-0.2, 0) is 0 Å². The zero-order valence-electron chi connectivity index (χ0n) is 13.4.